The maximum Gasteiger partial charge on any atom is 0.0974 e. The molecule has 0 bridgehead atoms. The SMILES string of the molecule is O=C([O-])[C@H](O)Cc1c[nH]c2ccccc12. The number of carbonyl (C=O) groups excluding carboxylic acids is 1. The van der Waals surface area contributed by atoms with Gasteiger partial charge in [-0.25, -0.2) is 0 Å². The molecule has 0 saturated carbocycles. The summed E-state index contributed by atoms with van der Waals surface area (Å²) in [5.74, 6) is -1.44. The van der Waals surface area contributed by atoms with Gasteiger partial charge in [0.05, 0.1) is 12.1 Å². The number of rotatable bonds is 3. The Morgan fingerprint density at radius 2 is 2.20 bits per heavy atom. The number of carbonyl (C=O) groups is 1. The summed E-state index contributed by atoms with van der Waals surface area (Å²) in [5.41, 5.74) is 1.71. The van der Waals surface area contributed by atoms with Crippen molar-refractivity contribution in [2.45, 2.75) is 12.5 Å². The van der Waals surface area contributed by atoms with Crippen molar-refractivity contribution in [2.24, 2.45) is 0 Å². The van der Waals surface area contributed by atoms with Crippen LogP contribution in [-0.2, 0) is 11.2 Å². The molecule has 0 aliphatic carbocycles. The number of aliphatic hydroxyl groups is 1. The van der Waals surface area contributed by atoms with Crippen molar-refractivity contribution in [1.29, 1.82) is 0 Å². The van der Waals surface area contributed by atoms with E-state index in [0.29, 0.717) is 0 Å². The summed E-state index contributed by atoms with van der Waals surface area (Å²) in [7, 11) is 0. The molecule has 2 N–H and O–H groups in total. The molecule has 1 heterocycles. The highest BCUT2D eigenvalue weighted by atomic mass is 16.4. The lowest BCUT2D eigenvalue weighted by atomic mass is 10.1. The third-order valence-electron chi connectivity index (χ3n) is 2.36. The highest BCUT2D eigenvalue weighted by molar-refractivity contribution is 5.83. The van der Waals surface area contributed by atoms with Crippen LogP contribution in [0.5, 0.6) is 0 Å². The van der Waals surface area contributed by atoms with E-state index in [-0.39, 0.29) is 6.42 Å². The van der Waals surface area contributed by atoms with Crippen LogP contribution in [0, 0.1) is 0 Å². The highest BCUT2D eigenvalue weighted by Crippen LogP contribution is 2.18. The summed E-state index contributed by atoms with van der Waals surface area (Å²) in [6.45, 7) is 0. The predicted octanol–water partition coefficient (Wildman–Crippen LogP) is -0.179. The van der Waals surface area contributed by atoms with Gasteiger partial charge >= 0.3 is 0 Å². The molecule has 0 aliphatic rings. The summed E-state index contributed by atoms with van der Waals surface area (Å²) in [4.78, 5) is 13.4. The summed E-state index contributed by atoms with van der Waals surface area (Å²) < 4.78 is 0. The van der Waals surface area contributed by atoms with Gasteiger partial charge in [-0.1, -0.05) is 18.2 Å². The number of hydrogen-bond donors (Lipinski definition) is 2. The van der Waals surface area contributed by atoms with Crippen LogP contribution in [-0.4, -0.2) is 22.2 Å². The van der Waals surface area contributed by atoms with E-state index in [9.17, 15) is 15.0 Å². The van der Waals surface area contributed by atoms with Crippen molar-refractivity contribution in [3.8, 4) is 0 Å². The second-order valence-electron chi connectivity index (χ2n) is 3.40. The molecule has 4 heteroatoms. The van der Waals surface area contributed by atoms with Crippen LogP contribution in [0.15, 0.2) is 30.5 Å². The average molecular weight is 204 g/mol. The van der Waals surface area contributed by atoms with Crippen LogP contribution < -0.4 is 5.11 Å². The summed E-state index contributed by atoms with van der Waals surface area (Å²) in [6, 6.07) is 7.52. The van der Waals surface area contributed by atoms with Crippen molar-refractivity contribution in [1.82, 2.24) is 4.98 Å². The Labute approximate surface area is 86.2 Å². The Hall–Kier alpha value is -1.81. The predicted molar refractivity (Wildman–Crippen MR) is 53.0 cm³/mol. The molecule has 0 aliphatic heterocycles. The number of fused-ring (bicyclic) bond motifs is 1. The Balaban J connectivity index is 2.32. The molecular weight excluding hydrogens is 194 g/mol. The quantitative estimate of drug-likeness (QED) is 0.728. The molecule has 0 fully saturated rings. The first-order valence-electron chi connectivity index (χ1n) is 4.62. The number of carboxylic acids is 1. The number of carboxylic acid groups (broad SMARTS) is 1. The summed E-state index contributed by atoms with van der Waals surface area (Å²) in [6.07, 6.45) is 0.313. The number of aliphatic hydroxyl groups excluding tert-OH is 1. The van der Waals surface area contributed by atoms with Gasteiger partial charge in [0.25, 0.3) is 0 Å². The van der Waals surface area contributed by atoms with E-state index >= 15 is 0 Å². The molecule has 1 aromatic carbocycles. The van der Waals surface area contributed by atoms with Gasteiger partial charge in [-0.3, -0.25) is 0 Å². The maximum atomic E-state index is 10.4. The Bertz CT molecular complexity index is 489. The zero-order valence-corrected chi connectivity index (χ0v) is 7.93. The lowest BCUT2D eigenvalue weighted by molar-refractivity contribution is -0.314. The maximum absolute atomic E-state index is 10.4. The van der Waals surface area contributed by atoms with Gasteiger partial charge in [0.2, 0.25) is 0 Å². The summed E-state index contributed by atoms with van der Waals surface area (Å²) in [5, 5.41) is 20.5. The minimum Gasteiger partial charge on any atom is -0.547 e. The number of aliphatic carboxylic acids is 1. The molecule has 4 nitrogen and oxygen atoms in total. The van der Waals surface area contributed by atoms with Gasteiger partial charge in [0, 0.05) is 23.5 Å². The zero-order chi connectivity index (χ0) is 10.8. The normalized spacial score (nSPS) is 12.9. The van der Waals surface area contributed by atoms with Crippen LogP contribution in [0.25, 0.3) is 10.9 Å². The molecule has 2 rings (SSSR count). The molecule has 2 aromatic rings. The Kier molecular flexibility index (Phi) is 2.43. The van der Waals surface area contributed by atoms with Gasteiger partial charge in [0.1, 0.15) is 0 Å². The largest absolute Gasteiger partial charge is 0.547 e. The molecule has 0 saturated heterocycles. The summed E-state index contributed by atoms with van der Waals surface area (Å²) >= 11 is 0. The fraction of sp³-hybridized carbons (Fsp3) is 0.182. The molecule has 15 heavy (non-hydrogen) atoms. The van der Waals surface area contributed by atoms with Crippen LogP contribution in [0.4, 0.5) is 0 Å². The Morgan fingerprint density at radius 3 is 2.93 bits per heavy atom. The number of H-pyrrole nitrogens is 1. The molecule has 0 unspecified atom stereocenters. The number of hydrogen-bond acceptors (Lipinski definition) is 3. The fourth-order valence-corrected chi connectivity index (χ4v) is 1.59. The third kappa shape index (κ3) is 1.85. The zero-order valence-electron chi connectivity index (χ0n) is 7.93. The van der Waals surface area contributed by atoms with E-state index in [2.05, 4.69) is 4.98 Å². The van der Waals surface area contributed by atoms with Crippen LogP contribution in [0.2, 0.25) is 0 Å². The molecule has 0 radical (unpaired) electrons. The first-order valence-corrected chi connectivity index (χ1v) is 4.62. The van der Waals surface area contributed by atoms with Gasteiger partial charge in [-0.05, 0) is 11.6 Å². The smallest absolute Gasteiger partial charge is 0.0974 e. The topological polar surface area (TPSA) is 76.2 Å². The molecule has 0 spiro atoms. The third-order valence-corrected chi connectivity index (χ3v) is 2.36. The van der Waals surface area contributed by atoms with Gasteiger partial charge in [-0.15, -0.1) is 0 Å². The van der Waals surface area contributed by atoms with Crippen LogP contribution in [0.3, 0.4) is 0 Å². The van der Waals surface area contributed by atoms with Crippen LogP contribution >= 0.6 is 0 Å². The van der Waals surface area contributed by atoms with E-state index in [1.54, 1.807) is 6.20 Å². The average Bonchev–Trinajstić information content (AvgIpc) is 2.62. The minimum atomic E-state index is -1.45. The second kappa shape index (κ2) is 3.74. The lowest BCUT2D eigenvalue weighted by Crippen LogP contribution is -2.36. The van der Waals surface area contributed by atoms with Gasteiger partial charge in [0.15, 0.2) is 0 Å². The van der Waals surface area contributed by atoms with Crippen molar-refractivity contribution >= 4 is 16.9 Å². The first kappa shape index (κ1) is 9.73. The van der Waals surface area contributed by atoms with Crippen molar-refractivity contribution in [3.63, 3.8) is 0 Å². The van der Waals surface area contributed by atoms with Crippen molar-refractivity contribution < 1.29 is 15.0 Å². The van der Waals surface area contributed by atoms with E-state index in [1.165, 1.54) is 0 Å². The molecular formula is C11H10NO3-. The van der Waals surface area contributed by atoms with E-state index in [1.807, 2.05) is 24.3 Å². The number of para-hydroxylation sites is 1. The minimum absolute atomic E-state index is 0.0619. The molecule has 1 aromatic heterocycles. The molecule has 1 atom stereocenters. The molecule has 0 amide bonds. The van der Waals surface area contributed by atoms with Crippen LogP contribution in [0.1, 0.15) is 5.56 Å². The monoisotopic (exact) mass is 204 g/mol. The van der Waals surface area contributed by atoms with E-state index in [0.717, 1.165) is 16.5 Å². The molecule has 78 valence electrons. The van der Waals surface area contributed by atoms with Crippen molar-refractivity contribution in [3.05, 3.63) is 36.0 Å². The number of aromatic nitrogens is 1. The second-order valence-corrected chi connectivity index (χ2v) is 3.40. The Morgan fingerprint density at radius 1 is 1.47 bits per heavy atom. The van der Waals surface area contributed by atoms with E-state index in [4.69, 9.17) is 0 Å². The highest BCUT2D eigenvalue weighted by Gasteiger charge is 2.09. The van der Waals surface area contributed by atoms with Gasteiger partial charge in [-0.2, -0.15) is 0 Å². The number of nitrogens with one attached hydrogen (secondary N) is 1. The van der Waals surface area contributed by atoms with E-state index < -0.39 is 12.1 Å². The lowest BCUT2D eigenvalue weighted by Gasteiger charge is -2.10. The fourth-order valence-electron chi connectivity index (χ4n) is 1.59. The number of benzene rings is 1. The standard InChI is InChI=1S/C11H11NO3/c13-10(11(14)15)5-7-6-12-9-4-2-1-3-8(7)9/h1-4,6,10,12-13H,5H2,(H,14,15)/p-1/t10-/m1/s1. The first-order chi connectivity index (χ1) is 7.18. The van der Waals surface area contributed by atoms with Gasteiger partial charge < -0.3 is 20.0 Å². The number of aromatic amines is 1. The van der Waals surface area contributed by atoms with Crippen molar-refractivity contribution in [2.75, 3.05) is 0 Å².